The van der Waals surface area contributed by atoms with Crippen molar-refractivity contribution < 1.29 is 0 Å². The van der Waals surface area contributed by atoms with Gasteiger partial charge in [0.1, 0.15) is 0 Å². The van der Waals surface area contributed by atoms with Crippen LogP contribution in [0.1, 0.15) is 121 Å². The van der Waals surface area contributed by atoms with Crippen molar-refractivity contribution in [3.63, 3.8) is 0 Å². The third kappa shape index (κ3) is 9.24. The van der Waals surface area contributed by atoms with E-state index in [0.717, 1.165) is 17.5 Å². The molecule has 2 heteroatoms. The van der Waals surface area contributed by atoms with E-state index in [9.17, 15) is 0 Å². The summed E-state index contributed by atoms with van der Waals surface area (Å²) in [5.41, 5.74) is 30.8. The summed E-state index contributed by atoms with van der Waals surface area (Å²) in [4.78, 5) is 5.29. The maximum Gasteiger partial charge on any atom is 0.0543 e. The molecule has 2 nitrogen and oxygen atoms in total. The fraction of sp³-hybridized carbons (Fsp3) is 0.231. The van der Waals surface area contributed by atoms with Gasteiger partial charge < -0.3 is 9.80 Å². The van der Waals surface area contributed by atoms with E-state index in [1.54, 1.807) is 11.1 Å². The molecule has 0 saturated heterocycles. The van der Waals surface area contributed by atoms with Gasteiger partial charge in [0.2, 0.25) is 0 Å². The van der Waals surface area contributed by atoms with Crippen molar-refractivity contribution in [2.75, 3.05) is 9.80 Å². The van der Waals surface area contributed by atoms with E-state index in [4.69, 9.17) is 0 Å². The third-order valence-corrected chi connectivity index (χ3v) is 22.7. The molecule has 0 heterocycles. The molecule has 12 aromatic rings. The molecule has 4 fully saturated rings. The van der Waals surface area contributed by atoms with Crippen LogP contribution in [0.5, 0.6) is 0 Å². The van der Waals surface area contributed by atoms with Gasteiger partial charge in [0.25, 0.3) is 0 Å². The summed E-state index contributed by atoms with van der Waals surface area (Å²) in [5, 5.41) is 2.63. The van der Waals surface area contributed by atoms with Gasteiger partial charge in [0, 0.05) is 39.0 Å². The minimum absolute atomic E-state index is 0.00127. The van der Waals surface area contributed by atoms with Crippen LogP contribution in [-0.2, 0) is 21.7 Å². The summed E-state index contributed by atoms with van der Waals surface area (Å²) in [6.45, 7) is 19.0. The molecule has 18 rings (SSSR count). The summed E-state index contributed by atoms with van der Waals surface area (Å²) in [6.07, 6.45) is 6.49. The van der Waals surface area contributed by atoms with Crippen LogP contribution in [-0.4, -0.2) is 0 Å². The number of fused-ring (bicyclic) bond motifs is 9. The number of benzene rings is 12. The summed E-state index contributed by atoms with van der Waals surface area (Å²) in [7, 11) is 0. The largest absolute Gasteiger partial charge is 0.310 e. The third-order valence-electron chi connectivity index (χ3n) is 22.7. The standard InChI is InChI=1S/C91H82N2/c1-88(2,3)68-37-45-74(46-38-68)92(72-41-33-62(34-42-72)66-27-19-25-64(54-66)60-21-11-9-12-22-60)82-56-80-84(77-30-16-15-29-76(77)82)86-81(91(80)70-50-58-49-59(52-70)53-71(91)51-58)57-83(87-85(86)78-31-17-18-32-79(78)90(87,7)8)93(75-47-39-69(40-48-75)89(4,5)6)73-43-35-63(36-44-73)67-28-20-26-65(55-67)61-23-13-10-14-24-61/h9-48,54-59,70-71H,49-53H2,1-8H3. The number of hydrogen-bond donors (Lipinski definition) is 0. The Morgan fingerprint density at radius 3 is 1.16 bits per heavy atom. The predicted molar refractivity (Wildman–Crippen MR) is 393 cm³/mol. The van der Waals surface area contributed by atoms with Crippen molar-refractivity contribution >= 4 is 44.9 Å². The van der Waals surface area contributed by atoms with E-state index < -0.39 is 0 Å². The zero-order valence-electron chi connectivity index (χ0n) is 55.1. The molecule has 1 spiro atoms. The van der Waals surface area contributed by atoms with Gasteiger partial charge in [-0.3, -0.25) is 0 Å². The highest BCUT2D eigenvalue weighted by atomic mass is 15.2. The fourth-order valence-electron chi connectivity index (χ4n) is 18.5. The van der Waals surface area contributed by atoms with Crippen molar-refractivity contribution in [2.24, 2.45) is 23.7 Å². The molecule has 0 N–H and O–H groups in total. The maximum atomic E-state index is 2.81. The lowest BCUT2D eigenvalue weighted by molar-refractivity contribution is -0.0398. The average Bonchev–Trinajstić information content (AvgIpc) is 1.49. The molecule has 0 unspecified atom stereocenters. The molecule has 0 amide bonds. The minimum atomic E-state index is -0.335. The number of anilines is 6. The second kappa shape index (κ2) is 21.5. The van der Waals surface area contributed by atoms with Gasteiger partial charge in [-0.1, -0.05) is 250 Å². The van der Waals surface area contributed by atoms with Crippen molar-refractivity contribution in [3.8, 4) is 66.8 Å². The van der Waals surface area contributed by atoms with E-state index in [1.807, 2.05) is 0 Å². The lowest BCUT2D eigenvalue weighted by Crippen LogP contribution is -2.55. The molecule has 6 aliphatic carbocycles. The van der Waals surface area contributed by atoms with Gasteiger partial charge in [-0.2, -0.15) is 0 Å². The summed E-state index contributed by atoms with van der Waals surface area (Å²) >= 11 is 0. The molecule has 12 aromatic carbocycles. The summed E-state index contributed by atoms with van der Waals surface area (Å²) in [6, 6.07) is 102. The fourth-order valence-corrected chi connectivity index (χ4v) is 18.5. The van der Waals surface area contributed by atoms with Crippen LogP contribution in [0.2, 0.25) is 0 Å². The molecular formula is C91H82N2. The van der Waals surface area contributed by atoms with Gasteiger partial charge in [0.05, 0.1) is 11.4 Å². The second-order valence-electron chi connectivity index (χ2n) is 30.5. The molecule has 93 heavy (non-hydrogen) atoms. The topological polar surface area (TPSA) is 6.48 Å². The van der Waals surface area contributed by atoms with Crippen molar-refractivity contribution in [2.45, 2.75) is 109 Å². The lowest BCUT2D eigenvalue weighted by atomic mass is 9.43. The smallest absolute Gasteiger partial charge is 0.0543 e. The SMILES string of the molecule is CC(C)(C)c1ccc(N(c2ccc(-c3cccc(-c4ccccc4)c3)cc2)c2cc3c(c4c2C(C)(C)c2ccccc2-4)-c2c(cc(N(c4ccc(-c5cccc(-c6ccccc6)c5)cc4)c4ccc(C(C)(C)C)cc4)c4ccccc24)C32C3CC4CC(C3)CC2C4)cc1. The van der Waals surface area contributed by atoms with E-state index in [2.05, 4.69) is 332 Å². The van der Waals surface area contributed by atoms with Crippen molar-refractivity contribution in [1.82, 2.24) is 0 Å². The maximum absolute atomic E-state index is 2.81. The van der Waals surface area contributed by atoms with Crippen LogP contribution in [0.4, 0.5) is 34.1 Å². The van der Waals surface area contributed by atoms with E-state index >= 15 is 0 Å². The first-order chi connectivity index (χ1) is 45.1. The van der Waals surface area contributed by atoms with Crippen molar-refractivity contribution in [1.29, 1.82) is 0 Å². The lowest BCUT2D eigenvalue weighted by Gasteiger charge is -2.61. The van der Waals surface area contributed by atoms with Gasteiger partial charge in [-0.15, -0.1) is 0 Å². The average molecular weight is 1200 g/mol. The Morgan fingerprint density at radius 2 is 0.688 bits per heavy atom. The second-order valence-corrected chi connectivity index (χ2v) is 30.5. The van der Waals surface area contributed by atoms with Crippen LogP contribution < -0.4 is 9.80 Å². The number of hydrogen-bond acceptors (Lipinski definition) is 2. The van der Waals surface area contributed by atoms with E-state index in [1.165, 1.54) is 160 Å². The van der Waals surface area contributed by atoms with Gasteiger partial charge in [0.15, 0.2) is 0 Å². The molecular weight excluding hydrogens is 1120 g/mol. The minimum Gasteiger partial charge on any atom is -0.310 e. The van der Waals surface area contributed by atoms with Crippen molar-refractivity contribution in [3.05, 3.63) is 300 Å². The Kier molecular flexibility index (Phi) is 13.3. The monoisotopic (exact) mass is 1200 g/mol. The Bertz CT molecular complexity index is 4830. The zero-order chi connectivity index (χ0) is 63.1. The van der Waals surface area contributed by atoms with Crippen LogP contribution in [0.15, 0.2) is 267 Å². The number of nitrogens with zero attached hydrogens (tertiary/aromatic N) is 2. The first-order valence-electron chi connectivity index (χ1n) is 34.3. The quantitative estimate of drug-likeness (QED) is 0.135. The normalized spacial score (nSPS) is 19.5. The van der Waals surface area contributed by atoms with E-state index in [-0.39, 0.29) is 21.7 Å². The van der Waals surface area contributed by atoms with E-state index in [0.29, 0.717) is 11.8 Å². The van der Waals surface area contributed by atoms with Gasteiger partial charge in [-0.25, -0.2) is 0 Å². The van der Waals surface area contributed by atoms with Gasteiger partial charge in [-0.05, 0) is 245 Å². The first-order valence-corrected chi connectivity index (χ1v) is 34.3. The Hall–Kier alpha value is -9.50. The number of rotatable bonds is 10. The predicted octanol–water partition coefficient (Wildman–Crippen LogP) is 25.1. The molecule has 0 radical (unpaired) electrons. The highest BCUT2D eigenvalue weighted by Gasteiger charge is 2.63. The highest BCUT2D eigenvalue weighted by molar-refractivity contribution is 6.15. The Morgan fingerprint density at radius 1 is 0.312 bits per heavy atom. The molecule has 0 aliphatic heterocycles. The Labute approximate surface area is 551 Å². The molecule has 4 saturated carbocycles. The van der Waals surface area contributed by atoms with Gasteiger partial charge >= 0.3 is 0 Å². The Balaban J connectivity index is 0.912. The molecule has 456 valence electrons. The van der Waals surface area contributed by atoms with Crippen LogP contribution >= 0.6 is 0 Å². The zero-order valence-corrected chi connectivity index (χ0v) is 55.1. The first kappa shape index (κ1) is 57.4. The summed E-state index contributed by atoms with van der Waals surface area (Å²) < 4.78 is 0. The molecule has 0 atom stereocenters. The molecule has 6 aliphatic rings. The van der Waals surface area contributed by atoms with Crippen LogP contribution in [0.3, 0.4) is 0 Å². The summed E-state index contributed by atoms with van der Waals surface area (Å²) in [5.74, 6) is 2.56. The highest BCUT2D eigenvalue weighted by Crippen LogP contribution is 2.73. The molecule has 0 aromatic heterocycles. The van der Waals surface area contributed by atoms with Crippen LogP contribution in [0.25, 0.3) is 77.5 Å². The molecule has 4 bridgehead atoms. The van der Waals surface area contributed by atoms with Crippen LogP contribution in [0, 0.1) is 23.7 Å².